The van der Waals surface area contributed by atoms with E-state index in [-0.39, 0.29) is 21.7 Å². The molecule has 0 radical (unpaired) electrons. The van der Waals surface area contributed by atoms with E-state index in [1.807, 2.05) is 11.6 Å². The van der Waals surface area contributed by atoms with Crippen molar-refractivity contribution in [3.8, 4) is 11.3 Å². The van der Waals surface area contributed by atoms with E-state index < -0.39 is 51.5 Å². The van der Waals surface area contributed by atoms with Crippen molar-refractivity contribution in [1.82, 2.24) is 29.6 Å². The van der Waals surface area contributed by atoms with Gasteiger partial charge in [0.1, 0.15) is 24.5 Å². The molecule has 17 nitrogen and oxygen atoms in total. The average molecular weight is 595 g/mol. The molecule has 2 atom stereocenters. The first-order chi connectivity index (χ1) is 18.7. The molecule has 4 heterocycles. The molecule has 0 spiro atoms. The van der Waals surface area contributed by atoms with Gasteiger partial charge in [-0.1, -0.05) is 10.4 Å². The lowest BCUT2D eigenvalue weighted by Gasteiger charge is -2.43. The number of aryl methyl sites for hydroxylation is 1. The maximum absolute atomic E-state index is 13.2. The number of aromatic nitrogens is 5. The van der Waals surface area contributed by atoms with Crippen LogP contribution in [0.5, 0.6) is 0 Å². The maximum Gasteiger partial charge on any atom is 0.362 e. The van der Waals surface area contributed by atoms with E-state index in [9.17, 15) is 32.5 Å². The molecular weight excluding hydrogens is 570 g/mol. The number of carbonyl (C=O) groups is 3. The molecule has 0 aromatic carbocycles. The van der Waals surface area contributed by atoms with Crippen molar-refractivity contribution in [3.05, 3.63) is 41.8 Å². The number of nitrogens with two attached hydrogens (primary N) is 1. The lowest BCUT2D eigenvalue weighted by Crippen LogP contribution is -2.73. The molecule has 0 saturated carbocycles. The number of hydrogen-bond acceptors (Lipinski definition) is 12. The third kappa shape index (κ3) is 5.90. The number of pyridine rings is 1. The topological polar surface area (TPSA) is 236 Å². The van der Waals surface area contributed by atoms with Gasteiger partial charge in [0, 0.05) is 23.1 Å². The van der Waals surface area contributed by atoms with Crippen LogP contribution >= 0.6 is 11.3 Å². The molecule has 1 fully saturated rings. The number of carboxylic acid groups (broad SMARTS) is 1. The van der Waals surface area contributed by atoms with Gasteiger partial charge in [0.05, 0.1) is 18.8 Å². The van der Waals surface area contributed by atoms with Gasteiger partial charge in [-0.15, -0.1) is 16.4 Å². The Morgan fingerprint density at radius 1 is 1.32 bits per heavy atom. The lowest BCUT2D eigenvalue weighted by atomic mass is 9.98. The quantitative estimate of drug-likeness (QED) is 0.0696. The minimum atomic E-state index is -4.99. The Bertz CT molecular complexity index is 1600. The Morgan fingerprint density at radius 2 is 2.00 bits per heavy atom. The van der Waals surface area contributed by atoms with Crippen molar-refractivity contribution in [2.24, 2.45) is 12.2 Å². The van der Waals surface area contributed by atoms with Gasteiger partial charge in [0.25, 0.3) is 11.8 Å². The normalized spacial score (nSPS) is 17.9. The minimum absolute atomic E-state index is 0.0669. The van der Waals surface area contributed by atoms with E-state index in [1.165, 1.54) is 30.1 Å². The minimum Gasteiger partial charge on any atom is -0.478 e. The molecule has 1 aliphatic heterocycles. The summed E-state index contributed by atoms with van der Waals surface area (Å²) in [5, 5.41) is 24.7. The summed E-state index contributed by atoms with van der Waals surface area (Å²) in [6.07, 6.45) is 5.09. The van der Waals surface area contributed by atoms with Crippen LogP contribution in [0.3, 0.4) is 0 Å². The number of amides is 2. The number of thiazole rings is 1. The van der Waals surface area contributed by atoms with E-state index in [4.69, 9.17) is 10.6 Å². The third-order valence-corrected chi connectivity index (χ3v) is 7.37. The monoisotopic (exact) mass is 594 g/mol. The fourth-order valence-electron chi connectivity index (χ4n) is 3.53. The highest BCUT2D eigenvalue weighted by Crippen LogP contribution is 2.26. The summed E-state index contributed by atoms with van der Waals surface area (Å²) in [6, 6.07) is 0.822. The summed E-state index contributed by atoms with van der Waals surface area (Å²) in [7, 11) is -3.15. The second kappa shape index (κ2) is 10.6. The standard InChI is InChI=1S/C21H23N9O8S2/c1-21(2,19(33)34)38-26-15(13-10-39-20(22)23-13)17(31)24-16-14(30(18(16)32)40(35,36)37)9-29-8-12(25-27-29)11-4-6-28(3)7-5-11/h4-8,10,14,16H,9H2,1-3H3,(H4-,22,23,24,31,33,34,35,36,37)/p+1/b26-15-/t14-,16+/m1/s1. The molecule has 2 amide bonds. The van der Waals surface area contributed by atoms with Crippen LogP contribution in [-0.4, -0.2) is 83.5 Å². The number of carboxylic acids is 1. The van der Waals surface area contributed by atoms with Crippen molar-refractivity contribution in [2.75, 3.05) is 5.73 Å². The number of nitrogens with one attached hydrogen (secondary N) is 1. The summed E-state index contributed by atoms with van der Waals surface area (Å²) < 4.78 is 36.8. The SMILES string of the molecule is C[n+]1ccc(-c2cn(C[C@@H]3[C@H](NC(=O)/C(=N\OC(C)(C)C(=O)O)c4csc(N)n4)C(=O)N3S(=O)(=O)O)nn2)cc1. The Kier molecular flexibility index (Phi) is 7.55. The van der Waals surface area contributed by atoms with Gasteiger partial charge >= 0.3 is 16.3 Å². The Balaban J connectivity index is 1.59. The largest absolute Gasteiger partial charge is 0.478 e. The molecule has 1 saturated heterocycles. The number of anilines is 1. The first kappa shape index (κ1) is 28.5. The van der Waals surface area contributed by atoms with Crippen LogP contribution in [-0.2, 0) is 43.1 Å². The summed E-state index contributed by atoms with van der Waals surface area (Å²) >= 11 is 0.963. The third-order valence-electron chi connectivity index (χ3n) is 5.75. The van der Waals surface area contributed by atoms with Crippen molar-refractivity contribution in [2.45, 2.75) is 38.1 Å². The van der Waals surface area contributed by atoms with Gasteiger partial charge in [-0.25, -0.2) is 23.3 Å². The molecule has 0 aliphatic carbocycles. The molecular formula is C21H24N9O8S2+. The van der Waals surface area contributed by atoms with Crippen LogP contribution in [0, 0.1) is 0 Å². The Hall–Kier alpha value is -4.49. The van der Waals surface area contributed by atoms with E-state index in [0.717, 1.165) is 16.9 Å². The van der Waals surface area contributed by atoms with Crippen LogP contribution < -0.4 is 15.6 Å². The number of hydrogen-bond donors (Lipinski definition) is 4. The van der Waals surface area contributed by atoms with Crippen molar-refractivity contribution >= 4 is 50.3 Å². The zero-order chi connectivity index (χ0) is 29.4. The van der Waals surface area contributed by atoms with E-state index in [1.54, 1.807) is 24.5 Å². The summed E-state index contributed by atoms with van der Waals surface area (Å²) in [6.45, 7) is 2.12. The van der Waals surface area contributed by atoms with Crippen molar-refractivity contribution in [1.29, 1.82) is 0 Å². The van der Waals surface area contributed by atoms with Crippen LogP contribution in [0.2, 0.25) is 0 Å². The maximum atomic E-state index is 13.2. The zero-order valence-corrected chi connectivity index (χ0v) is 22.8. The summed E-state index contributed by atoms with van der Waals surface area (Å²) in [5.41, 5.74) is 4.41. The van der Waals surface area contributed by atoms with Crippen LogP contribution in [0.15, 0.2) is 41.3 Å². The number of nitrogens with zero attached hydrogens (tertiary/aromatic N) is 7. The predicted octanol–water partition coefficient (Wildman–Crippen LogP) is -1.41. The Morgan fingerprint density at radius 3 is 2.58 bits per heavy atom. The van der Waals surface area contributed by atoms with Gasteiger partial charge in [-0.3, -0.25) is 14.1 Å². The Labute approximate surface area is 230 Å². The number of β-lactam (4-membered cyclic amide) rings is 1. The van der Waals surface area contributed by atoms with Gasteiger partial charge in [-0.05, 0) is 13.8 Å². The predicted molar refractivity (Wildman–Crippen MR) is 137 cm³/mol. The molecule has 0 bridgehead atoms. The van der Waals surface area contributed by atoms with Gasteiger partial charge in [0.2, 0.25) is 5.60 Å². The lowest BCUT2D eigenvalue weighted by molar-refractivity contribution is -0.671. The molecule has 4 rings (SSSR count). The van der Waals surface area contributed by atoms with Crippen LogP contribution in [0.4, 0.5) is 5.13 Å². The average Bonchev–Trinajstić information content (AvgIpc) is 3.51. The zero-order valence-electron chi connectivity index (χ0n) is 21.2. The van der Waals surface area contributed by atoms with Crippen LogP contribution in [0.1, 0.15) is 19.5 Å². The highest BCUT2D eigenvalue weighted by atomic mass is 32.2. The molecule has 3 aromatic heterocycles. The molecule has 40 heavy (non-hydrogen) atoms. The highest BCUT2D eigenvalue weighted by Gasteiger charge is 2.54. The van der Waals surface area contributed by atoms with E-state index in [0.29, 0.717) is 5.69 Å². The smallest absolute Gasteiger partial charge is 0.362 e. The summed E-state index contributed by atoms with van der Waals surface area (Å²) in [5.74, 6) is -3.54. The fraction of sp³-hybridized carbons (Fsp3) is 0.333. The van der Waals surface area contributed by atoms with E-state index in [2.05, 4.69) is 25.8 Å². The number of nitrogen functional groups attached to an aromatic ring is 1. The number of rotatable bonds is 10. The summed E-state index contributed by atoms with van der Waals surface area (Å²) in [4.78, 5) is 46.3. The molecule has 5 N–H and O–H groups in total. The molecule has 0 unspecified atom stereocenters. The van der Waals surface area contributed by atoms with Gasteiger partial charge < -0.3 is 21.0 Å². The molecule has 212 valence electrons. The van der Waals surface area contributed by atoms with Gasteiger partial charge in [-0.2, -0.15) is 8.42 Å². The van der Waals surface area contributed by atoms with Gasteiger partial charge in [0.15, 0.2) is 23.2 Å². The molecule has 19 heteroatoms. The second-order valence-corrected chi connectivity index (χ2v) is 11.3. The first-order valence-electron chi connectivity index (χ1n) is 11.4. The van der Waals surface area contributed by atoms with Crippen LogP contribution in [0.25, 0.3) is 11.3 Å². The first-order valence-corrected chi connectivity index (χ1v) is 13.6. The fourth-order valence-corrected chi connectivity index (χ4v) is 4.95. The highest BCUT2D eigenvalue weighted by molar-refractivity contribution is 7.84. The van der Waals surface area contributed by atoms with Crippen molar-refractivity contribution < 1.29 is 41.9 Å². The second-order valence-electron chi connectivity index (χ2n) is 9.13. The number of carbonyl (C=O) groups excluding carboxylic acids is 2. The molecule has 3 aromatic rings. The van der Waals surface area contributed by atoms with E-state index >= 15 is 0 Å². The molecule has 1 aliphatic rings. The number of oxime groups is 1. The van der Waals surface area contributed by atoms with Crippen molar-refractivity contribution in [3.63, 3.8) is 0 Å². The number of aliphatic carboxylic acids is 1.